The molecule has 0 aliphatic heterocycles. The molecule has 0 amide bonds. The molecule has 6 nitrogen and oxygen atoms in total. The van der Waals surface area contributed by atoms with Crippen LogP contribution in [-0.2, 0) is 30.5 Å². The maximum Gasteiger partial charge on any atom is 0.167 e. The van der Waals surface area contributed by atoms with Crippen molar-refractivity contribution in [3.05, 3.63) is 130 Å². The van der Waals surface area contributed by atoms with Crippen molar-refractivity contribution in [1.82, 2.24) is 19.9 Å². The van der Waals surface area contributed by atoms with Crippen molar-refractivity contribution in [2.75, 3.05) is 20.6 Å². The van der Waals surface area contributed by atoms with E-state index >= 15 is 0 Å². The zero-order valence-electron chi connectivity index (χ0n) is 23.8. The predicted octanol–water partition coefficient (Wildman–Crippen LogP) is 5.66. The quantitative estimate of drug-likeness (QED) is 0.180. The lowest BCUT2D eigenvalue weighted by Crippen LogP contribution is -2.11. The van der Waals surface area contributed by atoms with E-state index in [-0.39, 0.29) is 11.6 Å². The van der Waals surface area contributed by atoms with Crippen molar-refractivity contribution < 1.29 is 9.59 Å². The molecule has 41 heavy (non-hydrogen) atoms. The first kappa shape index (κ1) is 28.0. The Balaban J connectivity index is 1.24. The lowest BCUT2D eigenvalue weighted by Gasteiger charge is -2.10. The fourth-order valence-corrected chi connectivity index (χ4v) is 4.89. The fourth-order valence-electron chi connectivity index (χ4n) is 4.89. The highest BCUT2D eigenvalue weighted by atomic mass is 16.1. The van der Waals surface area contributed by atoms with Gasteiger partial charge in [-0.2, -0.15) is 0 Å². The molecule has 6 heteroatoms. The van der Waals surface area contributed by atoms with Crippen LogP contribution in [0.25, 0.3) is 17.3 Å². The Morgan fingerprint density at radius 1 is 0.927 bits per heavy atom. The molecule has 2 aromatic heterocycles. The molecular formula is C35H34N4O2. The Bertz CT molecular complexity index is 1630. The van der Waals surface area contributed by atoms with Crippen molar-refractivity contribution >= 4 is 17.6 Å². The van der Waals surface area contributed by atoms with E-state index in [1.54, 1.807) is 12.4 Å². The van der Waals surface area contributed by atoms with E-state index in [0.29, 0.717) is 24.8 Å². The standard InChI is InChI=1S/C35H34N4O2/c1-24-9-10-26(18-35(41)27-13-11-25(12-14-27)17-32(40)7-5-15-39(2)3)16-29(24)20-31-21-34(38-23-37-31)30-19-28-6-4-8-33(28)36-22-30/h4-7,9-14,16,19,21-23H,8,15,17-18,20H2,1-3H3/b7-5+. The Labute approximate surface area is 241 Å². The van der Waals surface area contributed by atoms with Crippen LogP contribution in [0.2, 0.25) is 0 Å². The SMILES string of the molecule is Cc1ccc(CC(=O)c2ccc(CC(=O)/C=C/CN(C)C)cc2)cc1Cc1cc(-c2cnc3c(c2)C=CC3)ncn1. The molecule has 0 radical (unpaired) electrons. The zero-order chi connectivity index (χ0) is 28.8. The van der Waals surface area contributed by atoms with Gasteiger partial charge in [0.2, 0.25) is 0 Å². The van der Waals surface area contributed by atoms with Gasteiger partial charge < -0.3 is 4.90 Å². The number of aromatic nitrogens is 3. The van der Waals surface area contributed by atoms with E-state index in [2.05, 4.69) is 52.2 Å². The second-order valence-corrected chi connectivity index (χ2v) is 10.8. The molecule has 0 saturated heterocycles. The number of likely N-dealkylation sites (N-methyl/N-ethyl adjacent to an activating group) is 1. The highest BCUT2D eigenvalue weighted by molar-refractivity contribution is 5.98. The summed E-state index contributed by atoms with van der Waals surface area (Å²) in [4.78, 5) is 40.9. The van der Waals surface area contributed by atoms with E-state index in [0.717, 1.165) is 63.4 Å². The molecule has 4 aromatic rings. The first-order valence-electron chi connectivity index (χ1n) is 13.9. The van der Waals surface area contributed by atoms with Gasteiger partial charge in [-0.25, -0.2) is 9.97 Å². The Hall–Kier alpha value is -4.55. The number of aryl methyl sites for hydroxylation is 1. The van der Waals surface area contributed by atoms with Crippen molar-refractivity contribution in [3.8, 4) is 11.3 Å². The number of carbonyl (C=O) groups is 2. The molecule has 5 rings (SSSR count). The molecule has 206 valence electrons. The Morgan fingerprint density at radius 2 is 1.73 bits per heavy atom. The summed E-state index contributed by atoms with van der Waals surface area (Å²) in [5, 5.41) is 0. The van der Waals surface area contributed by atoms with Crippen LogP contribution in [0.1, 0.15) is 49.6 Å². The average Bonchev–Trinajstić information content (AvgIpc) is 3.43. The topological polar surface area (TPSA) is 76.1 Å². The minimum Gasteiger partial charge on any atom is -0.306 e. The third-order valence-corrected chi connectivity index (χ3v) is 7.21. The summed E-state index contributed by atoms with van der Waals surface area (Å²) in [6, 6.07) is 17.7. The van der Waals surface area contributed by atoms with Crippen molar-refractivity contribution in [2.45, 2.75) is 32.6 Å². The van der Waals surface area contributed by atoms with Crippen LogP contribution in [0.4, 0.5) is 0 Å². The summed E-state index contributed by atoms with van der Waals surface area (Å²) >= 11 is 0. The number of nitrogens with zero attached hydrogens (tertiary/aromatic N) is 4. The summed E-state index contributed by atoms with van der Waals surface area (Å²) in [5.74, 6) is 0.0982. The van der Waals surface area contributed by atoms with E-state index in [1.807, 2.05) is 67.7 Å². The number of hydrogen-bond donors (Lipinski definition) is 0. The molecule has 2 heterocycles. The number of rotatable bonds is 11. The molecule has 0 N–H and O–H groups in total. The van der Waals surface area contributed by atoms with Crippen LogP contribution in [-0.4, -0.2) is 52.1 Å². The van der Waals surface area contributed by atoms with Gasteiger partial charge >= 0.3 is 0 Å². The van der Waals surface area contributed by atoms with Gasteiger partial charge in [-0.3, -0.25) is 14.6 Å². The first-order chi connectivity index (χ1) is 19.8. The number of pyridine rings is 1. The smallest absolute Gasteiger partial charge is 0.167 e. The van der Waals surface area contributed by atoms with Gasteiger partial charge in [0.15, 0.2) is 11.6 Å². The zero-order valence-corrected chi connectivity index (χ0v) is 23.8. The second-order valence-electron chi connectivity index (χ2n) is 10.8. The predicted molar refractivity (Wildman–Crippen MR) is 163 cm³/mol. The minimum absolute atomic E-state index is 0.0473. The second kappa shape index (κ2) is 12.7. The molecular weight excluding hydrogens is 508 g/mol. The number of allylic oxidation sites excluding steroid dienone is 2. The molecule has 0 spiro atoms. The lowest BCUT2D eigenvalue weighted by atomic mass is 9.96. The number of hydrogen-bond acceptors (Lipinski definition) is 6. The number of Topliss-reactive ketones (excluding diaryl/α,β-unsaturated/α-hetero) is 1. The van der Waals surface area contributed by atoms with Gasteiger partial charge in [0.1, 0.15) is 6.33 Å². The average molecular weight is 543 g/mol. The van der Waals surface area contributed by atoms with Gasteiger partial charge in [-0.1, -0.05) is 60.7 Å². The largest absolute Gasteiger partial charge is 0.306 e. The van der Waals surface area contributed by atoms with Crippen LogP contribution < -0.4 is 0 Å². The molecule has 1 aliphatic carbocycles. The minimum atomic E-state index is 0.0473. The molecule has 0 unspecified atom stereocenters. The molecule has 2 aromatic carbocycles. The number of benzene rings is 2. The van der Waals surface area contributed by atoms with Crippen LogP contribution in [0.15, 0.2) is 85.3 Å². The summed E-state index contributed by atoms with van der Waals surface area (Å²) in [7, 11) is 3.92. The van der Waals surface area contributed by atoms with E-state index in [1.165, 1.54) is 0 Å². The highest BCUT2D eigenvalue weighted by Gasteiger charge is 2.13. The van der Waals surface area contributed by atoms with Gasteiger partial charge in [0, 0.05) is 55.2 Å². The van der Waals surface area contributed by atoms with Gasteiger partial charge in [-0.05, 0) is 67.0 Å². The normalized spacial score (nSPS) is 12.3. The maximum atomic E-state index is 13.1. The maximum absolute atomic E-state index is 13.1. The molecule has 0 fully saturated rings. The van der Waals surface area contributed by atoms with Gasteiger partial charge in [0.05, 0.1) is 11.4 Å². The molecule has 0 bridgehead atoms. The first-order valence-corrected chi connectivity index (χ1v) is 13.9. The molecule has 0 atom stereocenters. The van der Waals surface area contributed by atoms with Crippen molar-refractivity contribution in [2.24, 2.45) is 0 Å². The number of fused-ring (bicyclic) bond motifs is 1. The summed E-state index contributed by atoms with van der Waals surface area (Å²) < 4.78 is 0. The monoisotopic (exact) mass is 542 g/mol. The van der Waals surface area contributed by atoms with Crippen molar-refractivity contribution in [1.29, 1.82) is 0 Å². The van der Waals surface area contributed by atoms with Crippen LogP contribution in [0.3, 0.4) is 0 Å². The Morgan fingerprint density at radius 3 is 2.54 bits per heavy atom. The fraction of sp³-hybridized carbons (Fsp3) is 0.229. The van der Waals surface area contributed by atoms with Crippen molar-refractivity contribution in [3.63, 3.8) is 0 Å². The third kappa shape index (κ3) is 7.35. The van der Waals surface area contributed by atoms with Gasteiger partial charge in [-0.15, -0.1) is 0 Å². The molecule has 0 saturated carbocycles. The summed E-state index contributed by atoms with van der Waals surface area (Å²) in [6.45, 7) is 2.81. The third-order valence-electron chi connectivity index (χ3n) is 7.21. The molecule has 1 aliphatic rings. The summed E-state index contributed by atoms with van der Waals surface area (Å²) in [5.41, 5.74) is 9.77. The number of carbonyl (C=O) groups excluding carboxylic acids is 2. The van der Waals surface area contributed by atoms with Crippen LogP contribution in [0.5, 0.6) is 0 Å². The highest BCUT2D eigenvalue weighted by Crippen LogP contribution is 2.25. The van der Waals surface area contributed by atoms with E-state index in [9.17, 15) is 9.59 Å². The van der Waals surface area contributed by atoms with E-state index in [4.69, 9.17) is 0 Å². The van der Waals surface area contributed by atoms with Crippen LogP contribution >= 0.6 is 0 Å². The van der Waals surface area contributed by atoms with E-state index < -0.39 is 0 Å². The van der Waals surface area contributed by atoms with Gasteiger partial charge in [0.25, 0.3) is 0 Å². The lowest BCUT2D eigenvalue weighted by molar-refractivity contribution is -0.114. The Kier molecular flexibility index (Phi) is 8.70. The van der Waals surface area contributed by atoms with Crippen LogP contribution in [0, 0.1) is 6.92 Å². The summed E-state index contributed by atoms with van der Waals surface area (Å²) in [6.07, 6.45) is 13.4. The number of ketones is 2.